The monoisotopic (exact) mass is 246 g/mol. The Morgan fingerprint density at radius 1 is 1.58 bits per heavy atom. The number of rotatable bonds is 2. The van der Waals surface area contributed by atoms with Crippen molar-refractivity contribution >= 4 is 39.4 Å². The van der Waals surface area contributed by atoms with Gasteiger partial charge < -0.3 is 10.7 Å². The van der Waals surface area contributed by atoms with Crippen LogP contribution in [0.3, 0.4) is 0 Å². The van der Waals surface area contributed by atoms with Crippen molar-refractivity contribution in [3.63, 3.8) is 0 Å². The minimum atomic E-state index is 0.618. The summed E-state index contributed by atoms with van der Waals surface area (Å²) in [6.07, 6.45) is 1.27. The van der Waals surface area contributed by atoms with Gasteiger partial charge >= 0.3 is 0 Å². The van der Waals surface area contributed by atoms with E-state index in [1.807, 2.05) is 13.1 Å². The molecule has 0 saturated carbocycles. The van der Waals surface area contributed by atoms with E-state index in [2.05, 4.69) is 21.2 Å². The lowest BCUT2D eigenvalue weighted by Crippen LogP contribution is -1.95. The molecule has 1 aromatic carbocycles. The maximum absolute atomic E-state index is 7.17. The van der Waals surface area contributed by atoms with Gasteiger partial charge in [-0.2, -0.15) is 0 Å². The quantitative estimate of drug-likeness (QED) is 0.774. The third-order valence-corrected chi connectivity index (χ3v) is 2.94. The van der Waals surface area contributed by atoms with E-state index >= 15 is 0 Å². The molecule has 4 heteroatoms. The normalized spacial score (nSPS) is 9.58. The largest absolute Gasteiger partial charge is 0.388 e. The molecule has 2 nitrogen and oxygen atoms in total. The molecule has 1 rings (SSSR count). The summed E-state index contributed by atoms with van der Waals surface area (Å²) >= 11 is 9.15. The molecule has 64 valence electrons. The summed E-state index contributed by atoms with van der Waals surface area (Å²) in [6.45, 7) is 0. The van der Waals surface area contributed by atoms with Gasteiger partial charge in [0.2, 0.25) is 0 Å². The van der Waals surface area contributed by atoms with E-state index in [1.54, 1.807) is 6.07 Å². The first-order valence-electron chi connectivity index (χ1n) is 3.37. The summed E-state index contributed by atoms with van der Waals surface area (Å²) in [5.74, 6) is 0. The van der Waals surface area contributed by atoms with Gasteiger partial charge in [0.1, 0.15) is 0 Å². The molecule has 0 saturated heterocycles. The number of halogens is 2. The van der Waals surface area contributed by atoms with Crippen LogP contribution in [0.1, 0.15) is 5.56 Å². The number of hydrogen-bond acceptors (Lipinski definition) is 2. The number of anilines is 1. The molecule has 0 atom stereocenters. The fourth-order valence-electron chi connectivity index (χ4n) is 0.925. The van der Waals surface area contributed by atoms with Crippen molar-refractivity contribution < 1.29 is 0 Å². The molecule has 0 aliphatic rings. The van der Waals surface area contributed by atoms with Gasteiger partial charge in [-0.15, -0.1) is 0 Å². The zero-order valence-electron chi connectivity index (χ0n) is 6.49. The number of hydrogen-bond donors (Lipinski definition) is 2. The topological polar surface area (TPSA) is 35.9 Å². The minimum Gasteiger partial charge on any atom is -0.388 e. The zero-order chi connectivity index (χ0) is 9.14. The maximum atomic E-state index is 7.17. The summed E-state index contributed by atoms with van der Waals surface area (Å²) in [4.78, 5) is 0. The van der Waals surface area contributed by atoms with E-state index in [4.69, 9.17) is 17.0 Å². The smallest absolute Gasteiger partial charge is 0.0556 e. The fraction of sp³-hybridized carbons (Fsp3) is 0.125. The second-order valence-electron chi connectivity index (χ2n) is 2.22. The fourth-order valence-corrected chi connectivity index (χ4v) is 1.55. The van der Waals surface area contributed by atoms with E-state index in [9.17, 15) is 0 Å². The highest BCUT2D eigenvalue weighted by atomic mass is 79.9. The number of nitrogens with one attached hydrogen (secondary N) is 2. The van der Waals surface area contributed by atoms with Crippen LogP contribution in [0.5, 0.6) is 0 Å². The Morgan fingerprint density at radius 3 is 2.75 bits per heavy atom. The average molecular weight is 248 g/mol. The third kappa shape index (κ3) is 1.62. The Balaban J connectivity index is 3.35. The highest BCUT2D eigenvalue weighted by molar-refractivity contribution is 9.10. The summed E-state index contributed by atoms with van der Waals surface area (Å²) in [7, 11) is 1.81. The molecule has 0 amide bonds. The van der Waals surface area contributed by atoms with Crippen LogP contribution >= 0.6 is 27.5 Å². The highest BCUT2D eigenvalue weighted by Crippen LogP contribution is 2.30. The lowest BCUT2D eigenvalue weighted by Gasteiger charge is -2.07. The molecule has 0 fully saturated rings. The summed E-state index contributed by atoms with van der Waals surface area (Å²) in [6, 6.07) is 3.62. The van der Waals surface area contributed by atoms with Crippen LogP contribution < -0.4 is 5.32 Å². The maximum Gasteiger partial charge on any atom is 0.0556 e. The van der Waals surface area contributed by atoms with Crippen molar-refractivity contribution in [1.82, 2.24) is 0 Å². The highest BCUT2D eigenvalue weighted by Gasteiger charge is 2.06. The van der Waals surface area contributed by atoms with Crippen LogP contribution in [0.15, 0.2) is 16.6 Å². The Hall–Kier alpha value is -0.540. The van der Waals surface area contributed by atoms with Gasteiger partial charge in [0.25, 0.3) is 0 Å². The summed E-state index contributed by atoms with van der Waals surface area (Å²) in [5.41, 5.74) is 1.66. The van der Waals surface area contributed by atoms with Gasteiger partial charge in [-0.1, -0.05) is 11.6 Å². The molecule has 12 heavy (non-hydrogen) atoms. The molecular formula is C8H8BrClN2. The van der Waals surface area contributed by atoms with E-state index in [0.29, 0.717) is 5.02 Å². The Bertz CT molecular complexity index is 312. The second-order valence-corrected chi connectivity index (χ2v) is 3.42. The van der Waals surface area contributed by atoms with Crippen molar-refractivity contribution in [1.29, 1.82) is 5.41 Å². The van der Waals surface area contributed by atoms with Gasteiger partial charge in [0.15, 0.2) is 0 Å². The van der Waals surface area contributed by atoms with Crippen molar-refractivity contribution in [2.75, 3.05) is 12.4 Å². The molecule has 0 unspecified atom stereocenters. The Morgan fingerprint density at radius 2 is 2.25 bits per heavy atom. The van der Waals surface area contributed by atoms with Crippen LogP contribution in [-0.2, 0) is 0 Å². The molecular weight excluding hydrogens is 239 g/mol. The first-order chi connectivity index (χ1) is 5.70. The van der Waals surface area contributed by atoms with Crippen molar-refractivity contribution in [3.8, 4) is 0 Å². The van der Waals surface area contributed by atoms with E-state index in [1.165, 1.54) is 6.21 Å². The van der Waals surface area contributed by atoms with Gasteiger partial charge in [-0.25, -0.2) is 0 Å². The van der Waals surface area contributed by atoms with Crippen LogP contribution in [0.25, 0.3) is 0 Å². The first-order valence-corrected chi connectivity index (χ1v) is 4.54. The van der Waals surface area contributed by atoms with Crippen LogP contribution in [0.4, 0.5) is 5.69 Å². The van der Waals surface area contributed by atoms with E-state index < -0.39 is 0 Å². The van der Waals surface area contributed by atoms with Gasteiger partial charge in [-0.3, -0.25) is 0 Å². The molecule has 0 radical (unpaired) electrons. The van der Waals surface area contributed by atoms with Gasteiger partial charge in [0, 0.05) is 29.0 Å². The van der Waals surface area contributed by atoms with Crippen LogP contribution in [-0.4, -0.2) is 13.3 Å². The van der Waals surface area contributed by atoms with Gasteiger partial charge in [0.05, 0.1) is 5.02 Å². The van der Waals surface area contributed by atoms with E-state index in [-0.39, 0.29) is 0 Å². The van der Waals surface area contributed by atoms with Gasteiger partial charge in [-0.05, 0) is 28.1 Å². The predicted molar refractivity (Wildman–Crippen MR) is 56.6 cm³/mol. The number of benzene rings is 1. The molecule has 1 aromatic rings. The molecule has 2 N–H and O–H groups in total. The molecule has 0 aromatic heterocycles. The molecule has 0 aliphatic carbocycles. The van der Waals surface area contributed by atoms with Crippen molar-refractivity contribution in [3.05, 3.63) is 27.2 Å². The standard InChI is InChI=1S/C8H8BrClN2/c1-12-7-3-2-6(10)8(9)5(7)4-11/h2-4,11-12H,1H3. The Labute approximate surface area is 84.6 Å². The molecule has 0 heterocycles. The van der Waals surface area contributed by atoms with Crippen LogP contribution in [0, 0.1) is 5.41 Å². The Kier molecular flexibility index (Phi) is 3.12. The molecule has 0 aliphatic heterocycles. The minimum absolute atomic E-state index is 0.618. The predicted octanol–water partition coefficient (Wildman–Crippen LogP) is 3.14. The average Bonchev–Trinajstić information content (AvgIpc) is 2.09. The molecule has 0 bridgehead atoms. The summed E-state index contributed by atoms with van der Waals surface area (Å²) < 4.78 is 0.756. The zero-order valence-corrected chi connectivity index (χ0v) is 8.83. The van der Waals surface area contributed by atoms with Crippen LogP contribution in [0.2, 0.25) is 5.02 Å². The van der Waals surface area contributed by atoms with Crippen molar-refractivity contribution in [2.24, 2.45) is 0 Å². The lowest BCUT2D eigenvalue weighted by atomic mass is 10.2. The third-order valence-electron chi connectivity index (χ3n) is 1.55. The molecule has 0 spiro atoms. The SMILES string of the molecule is CNc1ccc(Cl)c(Br)c1C=N. The summed E-state index contributed by atoms with van der Waals surface area (Å²) in [5, 5.41) is 10.8. The van der Waals surface area contributed by atoms with E-state index in [0.717, 1.165) is 15.7 Å². The van der Waals surface area contributed by atoms with Crippen molar-refractivity contribution in [2.45, 2.75) is 0 Å². The lowest BCUT2D eigenvalue weighted by molar-refractivity contribution is 1.46. The first kappa shape index (κ1) is 9.55. The second kappa shape index (κ2) is 3.92.